The van der Waals surface area contributed by atoms with Crippen molar-refractivity contribution >= 4 is 5.52 Å². The summed E-state index contributed by atoms with van der Waals surface area (Å²) in [4.78, 5) is 3.39. The van der Waals surface area contributed by atoms with Crippen molar-refractivity contribution in [2.24, 2.45) is 0 Å². The molecule has 2 heterocycles. The van der Waals surface area contributed by atoms with Crippen LogP contribution in [0.15, 0.2) is 24.5 Å². The van der Waals surface area contributed by atoms with Crippen LogP contribution in [0.25, 0.3) is 5.52 Å². The van der Waals surface area contributed by atoms with Crippen molar-refractivity contribution < 1.29 is 13.2 Å². The lowest BCUT2D eigenvalue weighted by molar-refractivity contribution is -0.145. The number of pyridine rings is 1. The van der Waals surface area contributed by atoms with Crippen molar-refractivity contribution in [3.05, 3.63) is 35.9 Å². The van der Waals surface area contributed by atoms with E-state index >= 15 is 0 Å². The molecule has 0 aromatic carbocycles. The van der Waals surface area contributed by atoms with E-state index in [1.807, 2.05) is 0 Å². The molecule has 2 rings (SSSR count). The third-order valence-corrected chi connectivity index (χ3v) is 2.23. The van der Waals surface area contributed by atoms with Gasteiger partial charge in [-0.2, -0.15) is 13.2 Å². The molecule has 0 atom stereocenters. The number of rotatable bonds is 2. The SMILES string of the molecule is CNCc1ccn2c(C(F)(F)F)ncc2c1. The number of alkyl halides is 3. The molecule has 2 aromatic rings. The maximum absolute atomic E-state index is 12.5. The Kier molecular flexibility index (Phi) is 2.59. The Morgan fingerprint density at radius 1 is 1.44 bits per heavy atom. The molecule has 16 heavy (non-hydrogen) atoms. The molecule has 0 saturated heterocycles. The van der Waals surface area contributed by atoms with E-state index in [2.05, 4.69) is 10.3 Å². The Morgan fingerprint density at radius 3 is 2.81 bits per heavy atom. The van der Waals surface area contributed by atoms with E-state index in [0.717, 1.165) is 9.96 Å². The molecule has 0 aliphatic rings. The van der Waals surface area contributed by atoms with Gasteiger partial charge < -0.3 is 5.32 Å². The highest BCUT2D eigenvalue weighted by atomic mass is 19.4. The summed E-state index contributed by atoms with van der Waals surface area (Å²) in [7, 11) is 1.78. The Labute approximate surface area is 89.9 Å². The second kappa shape index (κ2) is 3.79. The summed E-state index contributed by atoms with van der Waals surface area (Å²) in [6, 6.07) is 3.32. The Morgan fingerprint density at radius 2 is 2.19 bits per heavy atom. The average molecular weight is 229 g/mol. The smallest absolute Gasteiger partial charge is 0.316 e. The van der Waals surface area contributed by atoms with E-state index in [9.17, 15) is 13.2 Å². The number of imidazole rings is 1. The first-order valence-corrected chi connectivity index (χ1v) is 4.70. The van der Waals surface area contributed by atoms with Gasteiger partial charge in [0, 0.05) is 12.7 Å². The van der Waals surface area contributed by atoms with E-state index in [0.29, 0.717) is 12.1 Å². The van der Waals surface area contributed by atoms with Crippen molar-refractivity contribution in [1.29, 1.82) is 0 Å². The van der Waals surface area contributed by atoms with Crippen LogP contribution in [0.1, 0.15) is 11.4 Å². The van der Waals surface area contributed by atoms with Crippen molar-refractivity contribution in [3.8, 4) is 0 Å². The van der Waals surface area contributed by atoms with Crippen LogP contribution in [0.2, 0.25) is 0 Å². The average Bonchev–Trinajstić information content (AvgIpc) is 2.60. The normalized spacial score (nSPS) is 12.2. The molecule has 2 aromatic heterocycles. The Bertz CT molecular complexity index is 501. The van der Waals surface area contributed by atoms with Gasteiger partial charge in [0.05, 0.1) is 11.7 Å². The van der Waals surface area contributed by atoms with Gasteiger partial charge in [0.2, 0.25) is 5.82 Å². The maximum atomic E-state index is 12.5. The summed E-state index contributed by atoms with van der Waals surface area (Å²) in [5.41, 5.74) is 1.36. The van der Waals surface area contributed by atoms with Crippen LogP contribution in [0.3, 0.4) is 0 Å². The van der Waals surface area contributed by atoms with Crippen LogP contribution in [0.4, 0.5) is 13.2 Å². The minimum atomic E-state index is -4.42. The highest BCUT2D eigenvalue weighted by Crippen LogP contribution is 2.28. The fourth-order valence-electron chi connectivity index (χ4n) is 1.57. The zero-order valence-electron chi connectivity index (χ0n) is 8.54. The lowest BCUT2D eigenvalue weighted by atomic mass is 10.2. The highest BCUT2D eigenvalue weighted by molar-refractivity contribution is 5.48. The number of aromatic nitrogens is 2. The van der Waals surface area contributed by atoms with E-state index in [4.69, 9.17) is 0 Å². The van der Waals surface area contributed by atoms with Gasteiger partial charge in [-0.25, -0.2) is 4.98 Å². The second-order valence-corrected chi connectivity index (χ2v) is 3.44. The first-order valence-electron chi connectivity index (χ1n) is 4.70. The number of nitrogens with zero attached hydrogens (tertiary/aromatic N) is 2. The molecule has 0 saturated carbocycles. The number of fused-ring (bicyclic) bond motifs is 1. The van der Waals surface area contributed by atoms with Crippen LogP contribution in [0.5, 0.6) is 0 Å². The number of hydrogen-bond donors (Lipinski definition) is 1. The molecule has 1 N–H and O–H groups in total. The molecule has 3 nitrogen and oxygen atoms in total. The lowest BCUT2D eigenvalue weighted by Crippen LogP contribution is -2.11. The summed E-state index contributed by atoms with van der Waals surface area (Å²) in [6.07, 6.45) is -1.81. The highest BCUT2D eigenvalue weighted by Gasteiger charge is 2.35. The molecule has 86 valence electrons. The van der Waals surface area contributed by atoms with Crippen molar-refractivity contribution in [1.82, 2.24) is 14.7 Å². The monoisotopic (exact) mass is 229 g/mol. The summed E-state index contributed by atoms with van der Waals surface area (Å²) in [6.45, 7) is 0.614. The van der Waals surface area contributed by atoms with Crippen molar-refractivity contribution in [2.75, 3.05) is 7.05 Å². The standard InChI is InChI=1S/C10H10F3N3/c1-14-5-7-2-3-16-8(4-7)6-15-9(16)10(11,12)13/h2-4,6,14H,5H2,1H3. The summed E-state index contributed by atoms with van der Waals surface area (Å²) in [5, 5.41) is 2.93. The van der Waals surface area contributed by atoms with E-state index in [-0.39, 0.29) is 0 Å². The topological polar surface area (TPSA) is 29.3 Å². The fraction of sp³-hybridized carbons (Fsp3) is 0.300. The molecular weight excluding hydrogens is 219 g/mol. The van der Waals surface area contributed by atoms with E-state index in [1.54, 1.807) is 19.2 Å². The van der Waals surface area contributed by atoms with Gasteiger partial charge in [-0.3, -0.25) is 4.40 Å². The van der Waals surface area contributed by atoms with Crippen LogP contribution in [-0.2, 0) is 12.7 Å². The molecule has 0 spiro atoms. The van der Waals surface area contributed by atoms with E-state index in [1.165, 1.54) is 12.4 Å². The van der Waals surface area contributed by atoms with Crippen LogP contribution in [0, 0.1) is 0 Å². The minimum Gasteiger partial charge on any atom is -0.316 e. The minimum absolute atomic E-state index is 0.445. The molecule has 0 unspecified atom stereocenters. The van der Waals surface area contributed by atoms with Crippen molar-refractivity contribution in [3.63, 3.8) is 0 Å². The van der Waals surface area contributed by atoms with Gasteiger partial charge in [-0.05, 0) is 24.7 Å². The van der Waals surface area contributed by atoms with Gasteiger partial charge in [0.25, 0.3) is 0 Å². The van der Waals surface area contributed by atoms with Crippen molar-refractivity contribution in [2.45, 2.75) is 12.7 Å². The van der Waals surface area contributed by atoms with Gasteiger partial charge in [0.1, 0.15) is 0 Å². The summed E-state index contributed by atoms with van der Waals surface area (Å²) < 4.78 is 38.6. The molecule has 0 radical (unpaired) electrons. The van der Waals surface area contributed by atoms with Crippen LogP contribution < -0.4 is 5.32 Å². The third-order valence-electron chi connectivity index (χ3n) is 2.23. The summed E-state index contributed by atoms with van der Waals surface area (Å²) >= 11 is 0. The zero-order valence-corrected chi connectivity index (χ0v) is 8.54. The Hall–Kier alpha value is -1.56. The van der Waals surface area contributed by atoms with Gasteiger partial charge in [-0.15, -0.1) is 0 Å². The largest absolute Gasteiger partial charge is 0.450 e. The fourth-order valence-corrected chi connectivity index (χ4v) is 1.57. The van der Waals surface area contributed by atoms with Gasteiger partial charge in [-0.1, -0.05) is 0 Å². The second-order valence-electron chi connectivity index (χ2n) is 3.44. The van der Waals surface area contributed by atoms with Crippen LogP contribution >= 0.6 is 0 Å². The predicted molar refractivity (Wildman–Crippen MR) is 53.0 cm³/mol. The van der Waals surface area contributed by atoms with Gasteiger partial charge in [0.15, 0.2) is 0 Å². The molecule has 0 fully saturated rings. The molecule has 0 bridgehead atoms. The molecule has 6 heteroatoms. The predicted octanol–water partition coefficient (Wildman–Crippen LogP) is 2.07. The number of hydrogen-bond acceptors (Lipinski definition) is 2. The first kappa shape index (κ1) is 10.9. The molecule has 0 aliphatic carbocycles. The molecule has 0 aliphatic heterocycles. The van der Waals surface area contributed by atoms with E-state index < -0.39 is 12.0 Å². The lowest BCUT2D eigenvalue weighted by Gasteiger charge is -2.06. The first-order chi connectivity index (χ1) is 7.52. The Balaban J connectivity index is 2.51. The van der Waals surface area contributed by atoms with Crippen LogP contribution in [-0.4, -0.2) is 16.4 Å². The quantitative estimate of drug-likeness (QED) is 0.854. The zero-order chi connectivity index (χ0) is 11.8. The van der Waals surface area contributed by atoms with Gasteiger partial charge >= 0.3 is 6.18 Å². The third kappa shape index (κ3) is 1.88. The number of halogens is 3. The number of nitrogens with one attached hydrogen (secondary N) is 1. The maximum Gasteiger partial charge on any atom is 0.450 e. The summed E-state index contributed by atoms with van der Waals surface area (Å²) in [5.74, 6) is -0.890. The molecule has 0 amide bonds. The molecular formula is C10H10F3N3.